The van der Waals surface area contributed by atoms with E-state index in [1.165, 1.54) is 0 Å². The summed E-state index contributed by atoms with van der Waals surface area (Å²) in [5, 5.41) is 12.4. The van der Waals surface area contributed by atoms with Crippen molar-refractivity contribution in [1.29, 1.82) is 0 Å². The van der Waals surface area contributed by atoms with Gasteiger partial charge in [0.2, 0.25) is 5.91 Å². The first-order chi connectivity index (χ1) is 9.04. The van der Waals surface area contributed by atoms with Crippen LogP contribution in [0.5, 0.6) is 0 Å². The fraction of sp³-hybridized carbons (Fsp3) is 0.692. The summed E-state index contributed by atoms with van der Waals surface area (Å²) in [6.07, 6.45) is 1.93. The monoisotopic (exact) mass is 283 g/mol. The van der Waals surface area contributed by atoms with Crippen LogP contribution in [-0.2, 0) is 17.8 Å². The van der Waals surface area contributed by atoms with E-state index in [4.69, 9.17) is 0 Å². The van der Waals surface area contributed by atoms with Crippen LogP contribution in [0.15, 0.2) is 5.38 Å². The Bertz CT molecular complexity index is 425. The van der Waals surface area contributed by atoms with Gasteiger partial charge in [-0.3, -0.25) is 9.69 Å². The van der Waals surface area contributed by atoms with Gasteiger partial charge in [0.15, 0.2) is 0 Å². The molecule has 1 aliphatic heterocycles. The molecular formula is C13H21N3O2S. The Labute approximate surface area is 117 Å². The van der Waals surface area contributed by atoms with Crippen LogP contribution in [0.3, 0.4) is 0 Å². The molecule has 1 N–H and O–H groups in total. The van der Waals surface area contributed by atoms with Gasteiger partial charge in [0, 0.05) is 39.1 Å². The number of aromatic nitrogens is 1. The zero-order chi connectivity index (χ0) is 13.8. The van der Waals surface area contributed by atoms with E-state index in [1.807, 2.05) is 5.38 Å². The number of rotatable bonds is 4. The third kappa shape index (κ3) is 4.26. The van der Waals surface area contributed by atoms with Crippen molar-refractivity contribution < 1.29 is 9.90 Å². The number of aliphatic hydroxyl groups is 1. The second kappa shape index (κ2) is 6.45. The molecule has 1 fully saturated rings. The maximum Gasteiger partial charge on any atom is 0.228 e. The largest absolute Gasteiger partial charge is 0.393 e. The van der Waals surface area contributed by atoms with Crippen molar-refractivity contribution in [2.45, 2.75) is 31.9 Å². The number of hydrogen-bond acceptors (Lipinski definition) is 5. The molecule has 1 aliphatic rings. The molecule has 0 unspecified atom stereocenters. The highest BCUT2D eigenvalue weighted by Crippen LogP contribution is 2.16. The SMILES string of the molecule is CN(C)C(=O)Cc1nc(CN2CCC(O)CC2)cs1. The van der Waals surface area contributed by atoms with Crippen molar-refractivity contribution in [3.63, 3.8) is 0 Å². The predicted octanol–water partition coefficient (Wildman–Crippen LogP) is 0.730. The Kier molecular flexibility index (Phi) is 4.90. The molecule has 1 amide bonds. The van der Waals surface area contributed by atoms with E-state index < -0.39 is 0 Å². The number of thiazole rings is 1. The lowest BCUT2D eigenvalue weighted by molar-refractivity contribution is -0.127. The van der Waals surface area contributed by atoms with Gasteiger partial charge in [0.25, 0.3) is 0 Å². The molecule has 1 saturated heterocycles. The minimum Gasteiger partial charge on any atom is -0.393 e. The van der Waals surface area contributed by atoms with Crippen LogP contribution in [0.1, 0.15) is 23.5 Å². The topological polar surface area (TPSA) is 56.7 Å². The van der Waals surface area contributed by atoms with Crippen molar-refractivity contribution in [1.82, 2.24) is 14.8 Å². The van der Waals surface area contributed by atoms with Crippen LogP contribution in [0, 0.1) is 0 Å². The van der Waals surface area contributed by atoms with E-state index in [9.17, 15) is 9.90 Å². The van der Waals surface area contributed by atoms with E-state index in [-0.39, 0.29) is 12.0 Å². The van der Waals surface area contributed by atoms with Crippen molar-refractivity contribution in [2.75, 3.05) is 27.2 Å². The van der Waals surface area contributed by atoms with Gasteiger partial charge >= 0.3 is 0 Å². The smallest absolute Gasteiger partial charge is 0.228 e. The van der Waals surface area contributed by atoms with Gasteiger partial charge in [-0.05, 0) is 12.8 Å². The summed E-state index contributed by atoms with van der Waals surface area (Å²) >= 11 is 1.55. The summed E-state index contributed by atoms with van der Waals surface area (Å²) in [5.41, 5.74) is 1.03. The van der Waals surface area contributed by atoms with Crippen LogP contribution in [0.25, 0.3) is 0 Å². The molecule has 6 heteroatoms. The number of amides is 1. The third-order valence-electron chi connectivity index (χ3n) is 3.34. The van der Waals surface area contributed by atoms with E-state index in [0.717, 1.165) is 43.2 Å². The Morgan fingerprint density at radius 1 is 1.53 bits per heavy atom. The molecule has 2 heterocycles. The van der Waals surface area contributed by atoms with E-state index in [0.29, 0.717) is 6.42 Å². The van der Waals surface area contributed by atoms with Gasteiger partial charge in [-0.15, -0.1) is 11.3 Å². The molecule has 106 valence electrons. The molecule has 1 aromatic rings. The quantitative estimate of drug-likeness (QED) is 0.885. The summed E-state index contributed by atoms with van der Waals surface area (Å²) in [4.78, 5) is 20.0. The second-order valence-corrected chi connectivity index (χ2v) is 6.15. The van der Waals surface area contributed by atoms with E-state index in [2.05, 4.69) is 9.88 Å². The summed E-state index contributed by atoms with van der Waals surface area (Å²) in [7, 11) is 3.52. The molecule has 0 aliphatic carbocycles. The molecule has 2 rings (SSSR count). The lowest BCUT2D eigenvalue weighted by Crippen LogP contribution is -2.35. The summed E-state index contributed by atoms with van der Waals surface area (Å²) in [6.45, 7) is 2.66. The van der Waals surface area contributed by atoms with Crippen molar-refractivity contribution in [3.8, 4) is 0 Å². The number of likely N-dealkylation sites (N-methyl/N-ethyl adjacent to an activating group) is 1. The highest BCUT2D eigenvalue weighted by atomic mass is 32.1. The minimum absolute atomic E-state index is 0.0852. The van der Waals surface area contributed by atoms with Crippen LogP contribution in [-0.4, -0.2) is 59.1 Å². The van der Waals surface area contributed by atoms with Gasteiger partial charge in [-0.25, -0.2) is 4.98 Å². The first kappa shape index (κ1) is 14.4. The molecule has 0 spiro atoms. The molecule has 0 radical (unpaired) electrons. The second-order valence-electron chi connectivity index (χ2n) is 5.20. The Morgan fingerprint density at radius 2 is 2.21 bits per heavy atom. The molecule has 0 atom stereocenters. The fourth-order valence-electron chi connectivity index (χ4n) is 2.10. The normalized spacial score (nSPS) is 17.6. The number of likely N-dealkylation sites (tertiary alicyclic amines) is 1. The Balaban J connectivity index is 1.85. The van der Waals surface area contributed by atoms with Crippen LogP contribution in [0.2, 0.25) is 0 Å². The maximum atomic E-state index is 11.6. The number of carbonyl (C=O) groups is 1. The molecule has 5 nitrogen and oxygen atoms in total. The van der Waals surface area contributed by atoms with Crippen LogP contribution in [0.4, 0.5) is 0 Å². The minimum atomic E-state index is -0.139. The van der Waals surface area contributed by atoms with Crippen molar-refractivity contribution in [3.05, 3.63) is 16.1 Å². The predicted molar refractivity (Wildman–Crippen MR) is 75.0 cm³/mol. The third-order valence-corrected chi connectivity index (χ3v) is 4.24. The summed E-state index contributed by atoms with van der Waals surface area (Å²) < 4.78 is 0. The van der Waals surface area contributed by atoms with Gasteiger partial charge in [0.1, 0.15) is 5.01 Å². The van der Waals surface area contributed by atoms with E-state index in [1.54, 1.807) is 30.3 Å². The number of piperidine rings is 1. The standard InChI is InChI=1S/C13H21N3O2S/c1-15(2)13(18)7-12-14-10(9-19-12)8-16-5-3-11(17)4-6-16/h9,11,17H,3-8H2,1-2H3. The van der Waals surface area contributed by atoms with Crippen molar-refractivity contribution in [2.24, 2.45) is 0 Å². The zero-order valence-electron chi connectivity index (χ0n) is 11.5. The number of carbonyl (C=O) groups excluding carboxylic acids is 1. The van der Waals surface area contributed by atoms with Gasteiger partial charge in [0.05, 0.1) is 18.2 Å². The highest BCUT2D eigenvalue weighted by Gasteiger charge is 2.18. The van der Waals surface area contributed by atoms with Gasteiger partial charge in [-0.2, -0.15) is 0 Å². The lowest BCUT2D eigenvalue weighted by Gasteiger charge is -2.28. The molecular weight excluding hydrogens is 262 g/mol. The van der Waals surface area contributed by atoms with Crippen LogP contribution < -0.4 is 0 Å². The zero-order valence-corrected chi connectivity index (χ0v) is 12.3. The average Bonchev–Trinajstić information content (AvgIpc) is 2.79. The first-order valence-electron chi connectivity index (χ1n) is 6.58. The highest BCUT2D eigenvalue weighted by molar-refractivity contribution is 7.09. The fourth-order valence-corrected chi connectivity index (χ4v) is 2.87. The molecule has 0 bridgehead atoms. The molecule has 1 aromatic heterocycles. The maximum absolute atomic E-state index is 11.6. The molecule has 0 aromatic carbocycles. The Hall–Kier alpha value is -0.980. The number of hydrogen-bond donors (Lipinski definition) is 1. The average molecular weight is 283 g/mol. The number of aliphatic hydroxyl groups excluding tert-OH is 1. The summed E-state index contributed by atoms with van der Waals surface area (Å²) in [5.74, 6) is 0.0852. The van der Waals surface area contributed by atoms with Crippen LogP contribution >= 0.6 is 11.3 Å². The Morgan fingerprint density at radius 3 is 2.84 bits per heavy atom. The lowest BCUT2D eigenvalue weighted by atomic mass is 10.1. The molecule has 19 heavy (non-hydrogen) atoms. The molecule has 0 saturated carbocycles. The summed E-state index contributed by atoms with van der Waals surface area (Å²) in [6, 6.07) is 0. The first-order valence-corrected chi connectivity index (χ1v) is 7.46. The van der Waals surface area contributed by atoms with E-state index >= 15 is 0 Å². The van der Waals surface area contributed by atoms with Gasteiger partial charge < -0.3 is 10.0 Å². The van der Waals surface area contributed by atoms with Crippen molar-refractivity contribution >= 4 is 17.2 Å². The van der Waals surface area contributed by atoms with Gasteiger partial charge in [-0.1, -0.05) is 0 Å². The number of nitrogens with zero attached hydrogens (tertiary/aromatic N) is 3.